The Hall–Kier alpha value is -3.80. The van der Waals surface area contributed by atoms with Gasteiger partial charge in [0.25, 0.3) is 5.91 Å². The van der Waals surface area contributed by atoms with Crippen LogP contribution in [0, 0.1) is 17.7 Å². The summed E-state index contributed by atoms with van der Waals surface area (Å²) in [5, 5.41) is 2.59. The van der Waals surface area contributed by atoms with Crippen LogP contribution < -0.4 is 15.0 Å². The predicted molar refractivity (Wildman–Crippen MR) is 151 cm³/mol. The predicted octanol–water partition coefficient (Wildman–Crippen LogP) is 5.25. The first-order chi connectivity index (χ1) is 19.9. The van der Waals surface area contributed by atoms with Crippen molar-refractivity contribution in [2.75, 3.05) is 37.0 Å². The SMILES string of the molecule is C[C@@H]1CN(c2cc(F)c(-c3ccnc(OCC4CCC4)c3)cc2NC(=O)C2C=NC(=O)C=C2C(F)(F)F)C[C@H](C)N1C. The highest BCUT2D eigenvalue weighted by atomic mass is 19.4. The lowest BCUT2D eigenvalue weighted by Crippen LogP contribution is -2.55. The van der Waals surface area contributed by atoms with E-state index < -0.39 is 35.3 Å². The number of alkyl halides is 3. The number of ether oxygens (including phenoxy) is 1. The number of carbonyl (C=O) groups excluding carboxylic acids is 2. The third-order valence-corrected chi connectivity index (χ3v) is 8.36. The van der Waals surface area contributed by atoms with Crippen LogP contribution in [0.3, 0.4) is 0 Å². The molecule has 3 atom stereocenters. The first kappa shape index (κ1) is 29.7. The molecule has 2 amide bonds. The number of benzene rings is 1. The van der Waals surface area contributed by atoms with Crippen molar-refractivity contribution in [1.29, 1.82) is 0 Å². The van der Waals surface area contributed by atoms with E-state index in [1.807, 2.05) is 25.8 Å². The second-order valence-corrected chi connectivity index (χ2v) is 11.3. The van der Waals surface area contributed by atoms with E-state index in [1.54, 1.807) is 12.1 Å². The highest BCUT2D eigenvalue weighted by molar-refractivity contribution is 6.11. The van der Waals surface area contributed by atoms with Gasteiger partial charge in [-0.1, -0.05) is 6.42 Å². The maximum Gasteiger partial charge on any atom is 0.414 e. The Labute approximate surface area is 241 Å². The van der Waals surface area contributed by atoms with E-state index in [1.165, 1.54) is 24.8 Å². The number of pyridine rings is 1. The molecule has 1 aliphatic carbocycles. The molecule has 1 unspecified atom stereocenters. The molecule has 1 aromatic heterocycles. The second kappa shape index (κ2) is 11.8. The van der Waals surface area contributed by atoms with Gasteiger partial charge in [-0.2, -0.15) is 13.2 Å². The van der Waals surface area contributed by atoms with E-state index in [0.29, 0.717) is 55.0 Å². The molecule has 1 saturated carbocycles. The lowest BCUT2D eigenvalue weighted by atomic mass is 9.86. The van der Waals surface area contributed by atoms with E-state index in [4.69, 9.17) is 4.74 Å². The van der Waals surface area contributed by atoms with Crippen LogP contribution in [0.15, 0.2) is 47.1 Å². The fourth-order valence-corrected chi connectivity index (χ4v) is 5.43. The Kier molecular flexibility index (Phi) is 8.36. The number of rotatable bonds is 7. The zero-order chi connectivity index (χ0) is 30.2. The van der Waals surface area contributed by atoms with E-state index in [0.717, 1.165) is 12.8 Å². The van der Waals surface area contributed by atoms with Crippen molar-refractivity contribution >= 4 is 29.4 Å². The van der Waals surface area contributed by atoms with Crippen molar-refractivity contribution in [3.05, 3.63) is 47.9 Å². The minimum Gasteiger partial charge on any atom is -0.477 e. The third-order valence-electron chi connectivity index (χ3n) is 8.36. The van der Waals surface area contributed by atoms with Gasteiger partial charge in [0.2, 0.25) is 11.8 Å². The number of halogens is 4. The number of aromatic nitrogens is 1. The highest BCUT2D eigenvalue weighted by Crippen LogP contribution is 2.38. The number of hydrogen-bond acceptors (Lipinski definition) is 6. The molecule has 1 aromatic carbocycles. The fourth-order valence-electron chi connectivity index (χ4n) is 5.43. The zero-order valence-electron chi connectivity index (χ0n) is 23.6. The molecule has 1 saturated heterocycles. The largest absolute Gasteiger partial charge is 0.477 e. The molecule has 0 spiro atoms. The standard InChI is InChI=1S/C30H33F4N5O3/c1-17-14-39(15-18(2)38(17)3)26-12-24(31)21(20-7-8-35-28(9-20)42-16-19-5-4-6-19)10-25(26)37-29(41)22-13-36-27(40)11-23(22)30(32,33)34/h7-13,17-19,22H,4-6,14-16H2,1-3H3,(H,37,41)/t17-,18+,22?. The van der Waals surface area contributed by atoms with Crippen LogP contribution in [0.5, 0.6) is 5.88 Å². The third kappa shape index (κ3) is 6.33. The van der Waals surface area contributed by atoms with Crippen molar-refractivity contribution in [3.63, 3.8) is 0 Å². The summed E-state index contributed by atoms with van der Waals surface area (Å²) in [6, 6.07) is 6.10. The average Bonchev–Trinajstić information content (AvgIpc) is 2.91. The number of anilines is 2. The Morgan fingerprint density at radius 1 is 1.14 bits per heavy atom. The topological polar surface area (TPSA) is 87.1 Å². The number of piperazine rings is 1. The number of carbonyl (C=O) groups is 2. The second-order valence-electron chi connectivity index (χ2n) is 11.3. The van der Waals surface area contributed by atoms with Crippen molar-refractivity contribution < 1.29 is 31.9 Å². The summed E-state index contributed by atoms with van der Waals surface area (Å²) in [6.07, 6.45) is 0.946. The van der Waals surface area contributed by atoms with Crippen LogP contribution in [0.2, 0.25) is 0 Å². The number of likely N-dealkylation sites (N-methyl/N-ethyl adjacent to an activating group) is 1. The molecular weight excluding hydrogens is 554 g/mol. The summed E-state index contributed by atoms with van der Waals surface area (Å²) in [5.74, 6) is -3.75. The molecule has 3 aliphatic rings. The molecule has 5 rings (SSSR count). The van der Waals surface area contributed by atoms with Gasteiger partial charge in [0, 0.05) is 55.3 Å². The van der Waals surface area contributed by atoms with Gasteiger partial charge >= 0.3 is 6.18 Å². The van der Waals surface area contributed by atoms with Gasteiger partial charge in [-0.05, 0) is 63.4 Å². The summed E-state index contributed by atoms with van der Waals surface area (Å²) in [7, 11) is 1.99. The van der Waals surface area contributed by atoms with E-state index in [9.17, 15) is 22.8 Å². The number of dihydropyridines is 1. The van der Waals surface area contributed by atoms with Gasteiger partial charge < -0.3 is 15.0 Å². The molecule has 8 nitrogen and oxygen atoms in total. The van der Waals surface area contributed by atoms with Crippen molar-refractivity contribution in [2.24, 2.45) is 16.8 Å². The van der Waals surface area contributed by atoms with Gasteiger partial charge in [-0.25, -0.2) is 14.4 Å². The van der Waals surface area contributed by atoms with Crippen molar-refractivity contribution in [1.82, 2.24) is 9.88 Å². The molecule has 0 radical (unpaired) electrons. The average molecular weight is 588 g/mol. The van der Waals surface area contributed by atoms with Crippen LogP contribution in [0.1, 0.15) is 33.1 Å². The first-order valence-electron chi connectivity index (χ1n) is 14.0. The van der Waals surface area contributed by atoms with Crippen molar-refractivity contribution in [3.8, 4) is 17.0 Å². The lowest BCUT2D eigenvalue weighted by molar-refractivity contribution is -0.124. The molecule has 1 N–H and O–H groups in total. The molecule has 0 bridgehead atoms. The molecule has 224 valence electrons. The van der Waals surface area contributed by atoms with Gasteiger partial charge in [0.1, 0.15) is 11.7 Å². The maximum absolute atomic E-state index is 15.8. The number of hydrogen-bond donors (Lipinski definition) is 1. The fraction of sp³-hybridized carbons (Fsp3) is 0.467. The normalized spacial score (nSPS) is 23.4. The van der Waals surface area contributed by atoms with Crippen LogP contribution in [0.25, 0.3) is 11.1 Å². The number of amides is 2. The smallest absolute Gasteiger partial charge is 0.414 e. The molecule has 12 heteroatoms. The zero-order valence-corrected chi connectivity index (χ0v) is 23.6. The highest BCUT2D eigenvalue weighted by Gasteiger charge is 2.43. The quantitative estimate of drug-likeness (QED) is 0.446. The van der Waals surface area contributed by atoms with Crippen LogP contribution in [-0.2, 0) is 9.59 Å². The Balaban J connectivity index is 1.51. The molecule has 3 heterocycles. The Morgan fingerprint density at radius 3 is 2.50 bits per heavy atom. The summed E-state index contributed by atoms with van der Waals surface area (Å²) < 4.78 is 62.8. The van der Waals surface area contributed by atoms with Gasteiger partial charge in [0.15, 0.2) is 0 Å². The summed E-state index contributed by atoms with van der Waals surface area (Å²) in [6.45, 7) is 5.56. The number of nitrogens with zero attached hydrogens (tertiary/aromatic N) is 4. The minimum atomic E-state index is -4.92. The molecule has 2 aromatic rings. The lowest BCUT2D eigenvalue weighted by Gasteiger charge is -2.44. The van der Waals surface area contributed by atoms with Gasteiger partial charge in [-0.15, -0.1) is 0 Å². The van der Waals surface area contributed by atoms with Crippen LogP contribution in [-0.4, -0.2) is 72.9 Å². The van der Waals surface area contributed by atoms with Crippen LogP contribution in [0.4, 0.5) is 28.9 Å². The summed E-state index contributed by atoms with van der Waals surface area (Å²) >= 11 is 0. The Bertz CT molecular complexity index is 1410. The number of aliphatic imine (C=N–C) groups is 1. The monoisotopic (exact) mass is 587 g/mol. The first-order valence-corrected chi connectivity index (χ1v) is 14.0. The Morgan fingerprint density at radius 2 is 1.86 bits per heavy atom. The summed E-state index contributed by atoms with van der Waals surface area (Å²) in [5.41, 5.74) is -0.268. The minimum absolute atomic E-state index is 0.0897. The van der Waals surface area contributed by atoms with Gasteiger partial charge in [-0.3, -0.25) is 14.5 Å². The molecule has 2 fully saturated rings. The molecule has 2 aliphatic heterocycles. The number of nitrogens with one attached hydrogen (secondary N) is 1. The van der Waals surface area contributed by atoms with E-state index in [-0.39, 0.29) is 23.3 Å². The van der Waals surface area contributed by atoms with Gasteiger partial charge in [0.05, 0.1) is 23.6 Å². The maximum atomic E-state index is 15.8. The summed E-state index contributed by atoms with van der Waals surface area (Å²) in [4.78, 5) is 36.6. The van der Waals surface area contributed by atoms with Crippen molar-refractivity contribution in [2.45, 2.75) is 51.4 Å². The van der Waals surface area contributed by atoms with Crippen LogP contribution >= 0.6 is 0 Å². The van der Waals surface area contributed by atoms with E-state index >= 15 is 4.39 Å². The molecule has 42 heavy (non-hydrogen) atoms. The molecular formula is C30H33F4N5O3. The van der Waals surface area contributed by atoms with E-state index in [2.05, 4.69) is 20.2 Å².